The van der Waals surface area contributed by atoms with Crippen molar-refractivity contribution in [2.45, 2.75) is 13.8 Å². The summed E-state index contributed by atoms with van der Waals surface area (Å²) in [7, 11) is 0. The minimum Gasteiger partial charge on any atom is -0.274 e. The Hall–Kier alpha value is -1.85. The van der Waals surface area contributed by atoms with Crippen LogP contribution in [0.3, 0.4) is 0 Å². The van der Waals surface area contributed by atoms with Crippen molar-refractivity contribution >= 4 is 35.3 Å². The Labute approximate surface area is 126 Å². The Morgan fingerprint density at radius 2 is 2.10 bits per heavy atom. The second kappa shape index (κ2) is 6.07. The fraction of sp³-hybridized carbons (Fsp3) is 0.154. The van der Waals surface area contributed by atoms with Gasteiger partial charge in [-0.05, 0) is 19.1 Å². The predicted molar refractivity (Wildman–Crippen MR) is 79.7 cm³/mol. The van der Waals surface area contributed by atoms with Crippen LogP contribution in [0.4, 0.5) is 0 Å². The lowest BCUT2D eigenvalue weighted by molar-refractivity contribution is -0.118. The maximum absolute atomic E-state index is 10.8. The monoisotopic (exact) mass is 310 g/mol. The van der Waals surface area contributed by atoms with Crippen molar-refractivity contribution in [3.05, 3.63) is 45.7 Å². The first-order valence-electron chi connectivity index (χ1n) is 5.80. The van der Waals surface area contributed by atoms with Crippen molar-refractivity contribution in [3.63, 3.8) is 0 Å². The Morgan fingerprint density at radius 3 is 2.75 bits per heavy atom. The summed E-state index contributed by atoms with van der Waals surface area (Å²) < 4.78 is 1.54. The van der Waals surface area contributed by atoms with E-state index < -0.39 is 0 Å². The minimum absolute atomic E-state index is 0.256. The molecule has 0 aliphatic heterocycles. The summed E-state index contributed by atoms with van der Waals surface area (Å²) in [6.45, 7) is 3.17. The summed E-state index contributed by atoms with van der Waals surface area (Å²) in [6, 6.07) is 7.25. The van der Waals surface area contributed by atoms with Crippen molar-refractivity contribution in [2.75, 3.05) is 0 Å². The molecule has 104 valence electrons. The zero-order chi connectivity index (χ0) is 14.7. The van der Waals surface area contributed by atoms with E-state index in [9.17, 15) is 4.79 Å². The molecule has 0 saturated carbocycles. The average molecular weight is 311 g/mol. The summed E-state index contributed by atoms with van der Waals surface area (Å²) in [5.74, 6) is -0.256. The predicted octanol–water partition coefficient (Wildman–Crippen LogP) is 2.96. The molecule has 2 aromatic rings. The van der Waals surface area contributed by atoms with Crippen molar-refractivity contribution in [1.29, 1.82) is 0 Å². The van der Waals surface area contributed by atoms with Gasteiger partial charge in [0, 0.05) is 6.92 Å². The molecular weight excluding hydrogens is 299 g/mol. The number of nitrogens with zero attached hydrogens (tertiary/aromatic N) is 3. The van der Waals surface area contributed by atoms with Crippen molar-refractivity contribution in [2.24, 2.45) is 5.10 Å². The fourth-order valence-corrected chi connectivity index (χ4v) is 2.16. The van der Waals surface area contributed by atoms with E-state index in [4.69, 9.17) is 23.2 Å². The van der Waals surface area contributed by atoms with Gasteiger partial charge in [-0.2, -0.15) is 10.2 Å². The lowest BCUT2D eigenvalue weighted by Crippen LogP contribution is -2.12. The van der Waals surface area contributed by atoms with E-state index in [1.807, 2.05) is 18.2 Å². The maximum atomic E-state index is 10.8. The Balaban J connectivity index is 2.42. The third-order valence-corrected chi connectivity index (χ3v) is 3.23. The van der Waals surface area contributed by atoms with Gasteiger partial charge in [-0.3, -0.25) is 4.79 Å². The van der Waals surface area contributed by atoms with Crippen LogP contribution >= 0.6 is 23.2 Å². The highest BCUT2D eigenvalue weighted by Crippen LogP contribution is 2.26. The fourth-order valence-electron chi connectivity index (χ4n) is 1.63. The molecule has 0 saturated heterocycles. The van der Waals surface area contributed by atoms with Crippen molar-refractivity contribution in [1.82, 2.24) is 15.2 Å². The Bertz CT molecular complexity index is 679. The van der Waals surface area contributed by atoms with Gasteiger partial charge in [-0.25, -0.2) is 10.1 Å². The van der Waals surface area contributed by atoms with Crippen LogP contribution in [-0.4, -0.2) is 21.9 Å². The highest BCUT2D eigenvalue weighted by atomic mass is 35.5. The molecule has 5 nitrogen and oxygen atoms in total. The number of carbonyl (C=O) groups is 1. The highest BCUT2D eigenvalue weighted by Gasteiger charge is 2.14. The molecule has 20 heavy (non-hydrogen) atoms. The number of carbonyl (C=O) groups excluding carboxylic acids is 1. The summed E-state index contributed by atoms with van der Waals surface area (Å²) in [5.41, 5.74) is 4.31. The number of nitrogens with one attached hydrogen (secondary N) is 1. The molecule has 0 spiro atoms. The van der Waals surface area contributed by atoms with Crippen LogP contribution < -0.4 is 5.43 Å². The number of hydrogen-bond donors (Lipinski definition) is 1. The van der Waals surface area contributed by atoms with Gasteiger partial charge >= 0.3 is 0 Å². The molecule has 7 heteroatoms. The Morgan fingerprint density at radius 1 is 1.40 bits per heavy atom. The van der Waals surface area contributed by atoms with Gasteiger partial charge in [0.2, 0.25) is 5.91 Å². The molecule has 0 radical (unpaired) electrons. The normalized spacial score (nSPS) is 11.0. The number of aryl methyl sites for hydroxylation is 1. The molecule has 0 aliphatic carbocycles. The van der Waals surface area contributed by atoms with Crippen LogP contribution in [0.15, 0.2) is 29.4 Å². The second-order valence-electron chi connectivity index (χ2n) is 4.08. The third kappa shape index (κ3) is 3.00. The van der Waals surface area contributed by atoms with Gasteiger partial charge in [0.15, 0.2) is 0 Å². The van der Waals surface area contributed by atoms with Gasteiger partial charge in [0.25, 0.3) is 0 Å². The molecule has 1 N–H and O–H groups in total. The minimum atomic E-state index is -0.256. The number of hydrogen-bond acceptors (Lipinski definition) is 3. The molecule has 1 amide bonds. The van der Waals surface area contributed by atoms with Crippen molar-refractivity contribution in [3.8, 4) is 5.69 Å². The standard InChI is InChI=1S/C13H12Cl2N4O/c1-8-10(7-16-17-9(2)20)13(15)19(18-8)12-6-4-3-5-11(12)14/h3-7H,1-2H3,(H,17,20)/b16-7-. The zero-order valence-electron chi connectivity index (χ0n) is 10.9. The van der Waals surface area contributed by atoms with E-state index in [0.717, 1.165) is 0 Å². The first kappa shape index (κ1) is 14.6. The largest absolute Gasteiger partial charge is 0.274 e. The molecule has 0 fully saturated rings. The van der Waals surface area contributed by atoms with Crippen LogP contribution in [-0.2, 0) is 4.79 Å². The molecule has 1 heterocycles. The van der Waals surface area contributed by atoms with Crippen LogP contribution in [0, 0.1) is 6.92 Å². The van der Waals surface area contributed by atoms with Crippen LogP contribution in [0.2, 0.25) is 10.2 Å². The van der Waals surface area contributed by atoms with E-state index in [0.29, 0.717) is 27.1 Å². The number of halogens is 2. The topological polar surface area (TPSA) is 59.3 Å². The summed E-state index contributed by atoms with van der Waals surface area (Å²) >= 11 is 12.4. The van der Waals surface area contributed by atoms with E-state index in [-0.39, 0.29) is 5.91 Å². The molecule has 0 bridgehead atoms. The lowest BCUT2D eigenvalue weighted by atomic mass is 10.3. The highest BCUT2D eigenvalue weighted by molar-refractivity contribution is 6.34. The van der Waals surface area contributed by atoms with Gasteiger partial charge in [0.05, 0.1) is 28.2 Å². The number of aromatic nitrogens is 2. The first-order valence-corrected chi connectivity index (χ1v) is 6.56. The number of para-hydroxylation sites is 1. The van der Waals surface area contributed by atoms with Crippen LogP contribution in [0.25, 0.3) is 5.69 Å². The van der Waals surface area contributed by atoms with Gasteiger partial charge < -0.3 is 0 Å². The second-order valence-corrected chi connectivity index (χ2v) is 4.84. The molecular formula is C13H12Cl2N4O. The summed E-state index contributed by atoms with van der Waals surface area (Å²) in [6.07, 6.45) is 1.46. The maximum Gasteiger partial charge on any atom is 0.236 e. The number of amides is 1. The summed E-state index contributed by atoms with van der Waals surface area (Å²) in [5, 5.41) is 9.06. The first-order chi connectivity index (χ1) is 9.50. The molecule has 2 rings (SSSR count). The molecule has 0 atom stereocenters. The molecule has 0 unspecified atom stereocenters. The van der Waals surface area contributed by atoms with E-state index in [1.54, 1.807) is 13.0 Å². The Kier molecular flexibility index (Phi) is 4.42. The van der Waals surface area contributed by atoms with E-state index in [2.05, 4.69) is 15.6 Å². The zero-order valence-corrected chi connectivity index (χ0v) is 12.4. The van der Waals surface area contributed by atoms with Crippen molar-refractivity contribution < 1.29 is 4.79 Å². The molecule has 0 aliphatic rings. The average Bonchev–Trinajstić information content (AvgIpc) is 2.67. The van der Waals surface area contributed by atoms with Crippen LogP contribution in [0.5, 0.6) is 0 Å². The number of benzene rings is 1. The van der Waals surface area contributed by atoms with Gasteiger partial charge in [-0.1, -0.05) is 35.3 Å². The van der Waals surface area contributed by atoms with Crippen LogP contribution in [0.1, 0.15) is 18.2 Å². The quantitative estimate of drug-likeness (QED) is 0.700. The molecule has 1 aromatic heterocycles. The lowest BCUT2D eigenvalue weighted by Gasteiger charge is -2.04. The number of hydrazone groups is 1. The molecule has 1 aromatic carbocycles. The van der Waals surface area contributed by atoms with E-state index in [1.165, 1.54) is 17.8 Å². The van der Waals surface area contributed by atoms with Gasteiger partial charge in [-0.15, -0.1) is 0 Å². The number of rotatable bonds is 3. The summed E-state index contributed by atoms with van der Waals surface area (Å²) in [4.78, 5) is 10.8. The third-order valence-electron chi connectivity index (χ3n) is 2.54. The smallest absolute Gasteiger partial charge is 0.236 e. The van der Waals surface area contributed by atoms with Gasteiger partial charge in [0.1, 0.15) is 5.15 Å². The van der Waals surface area contributed by atoms with E-state index >= 15 is 0 Å². The SMILES string of the molecule is CC(=O)N/N=C\c1c(C)nn(-c2ccccc2Cl)c1Cl.